The van der Waals surface area contributed by atoms with Gasteiger partial charge in [-0.05, 0) is 23.7 Å². The second-order valence-electron chi connectivity index (χ2n) is 5.98. The van der Waals surface area contributed by atoms with Gasteiger partial charge in [0.1, 0.15) is 5.78 Å². The van der Waals surface area contributed by atoms with Crippen LogP contribution in [0.15, 0.2) is 12.7 Å². The van der Waals surface area contributed by atoms with Gasteiger partial charge >= 0.3 is 0 Å². The molecule has 0 amide bonds. The number of hydrogen-bond donors (Lipinski definition) is 1. The number of aliphatic hydroxyl groups is 1. The maximum atomic E-state index is 12.4. The first kappa shape index (κ1) is 14.4. The molecule has 98 valence electrons. The fraction of sp³-hybridized carbons (Fsp3) is 0.800. The molecule has 2 heteroatoms. The standard InChI is InChI=1S/C15H26O2/c1-7-12-9(4)10(5)15(17)13(11(12)6)14(16)8(2)3/h7-14,16H,1H2,2-6H3/t9-,10-,11+,12+,13+,14?/m0/s1. The molecule has 0 radical (unpaired) electrons. The van der Waals surface area contributed by atoms with E-state index in [1.165, 1.54) is 0 Å². The predicted octanol–water partition coefficient (Wildman–Crippen LogP) is 2.91. The second-order valence-corrected chi connectivity index (χ2v) is 5.98. The predicted molar refractivity (Wildman–Crippen MR) is 70.5 cm³/mol. The van der Waals surface area contributed by atoms with Crippen LogP contribution in [-0.4, -0.2) is 17.0 Å². The number of hydrogen-bond acceptors (Lipinski definition) is 2. The number of carbonyl (C=O) groups is 1. The fourth-order valence-corrected chi connectivity index (χ4v) is 3.20. The third-order valence-corrected chi connectivity index (χ3v) is 4.67. The molecule has 2 nitrogen and oxygen atoms in total. The maximum Gasteiger partial charge on any atom is 0.141 e. The molecule has 0 aromatic heterocycles. The molecule has 17 heavy (non-hydrogen) atoms. The van der Waals surface area contributed by atoms with E-state index in [-0.39, 0.29) is 29.5 Å². The second kappa shape index (κ2) is 5.34. The topological polar surface area (TPSA) is 37.3 Å². The Morgan fingerprint density at radius 1 is 1.24 bits per heavy atom. The van der Waals surface area contributed by atoms with Gasteiger partial charge in [-0.15, -0.1) is 6.58 Å². The highest BCUT2D eigenvalue weighted by atomic mass is 16.3. The van der Waals surface area contributed by atoms with Crippen molar-refractivity contribution in [3.8, 4) is 0 Å². The van der Waals surface area contributed by atoms with Gasteiger partial charge in [0.2, 0.25) is 0 Å². The van der Waals surface area contributed by atoms with E-state index in [0.29, 0.717) is 11.8 Å². The molecule has 0 spiro atoms. The van der Waals surface area contributed by atoms with E-state index in [2.05, 4.69) is 20.4 Å². The first-order valence-corrected chi connectivity index (χ1v) is 6.67. The average Bonchev–Trinajstić information content (AvgIpc) is 2.27. The molecule has 1 aliphatic rings. The van der Waals surface area contributed by atoms with Gasteiger partial charge in [-0.1, -0.05) is 40.7 Å². The molecule has 0 bridgehead atoms. The van der Waals surface area contributed by atoms with Crippen molar-refractivity contribution in [3.05, 3.63) is 12.7 Å². The highest BCUT2D eigenvalue weighted by Gasteiger charge is 2.46. The Hall–Kier alpha value is -0.630. The Kier molecular flexibility index (Phi) is 4.54. The lowest BCUT2D eigenvalue weighted by Gasteiger charge is -2.44. The Balaban J connectivity index is 3.03. The third kappa shape index (κ3) is 2.47. The molecule has 6 atom stereocenters. The van der Waals surface area contributed by atoms with Crippen LogP contribution >= 0.6 is 0 Å². The number of carbonyl (C=O) groups excluding carboxylic acids is 1. The van der Waals surface area contributed by atoms with Crippen LogP contribution in [0, 0.1) is 35.5 Å². The van der Waals surface area contributed by atoms with Crippen molar-refractivity contribution in [2.45, 2.75) is 40.7 Å². The number of aliphatic hydroxyl groups excluding tert-OH is 1. The average molecular weight is 238 g/mol. The zero-order chi connectivity index (χ0) is 13.3. The minimum Gasteiger partial charge on any atom is -0.392 e. The molecule has 0 heterocycles. The number of rotatable bonds is 3. The third-order valence-electron chi connectivity index (χ3n) is 4.67. The van der Waals surface area contributed by atoms with E-state index < -0.39 is 6.10 Å². The SMILES string of the molecule is C=C[C@@H]1[C@@H](C)[C@H](C)C(=O)[C@@H](C(O)C(C)C)[C@@H]1C. The van der Waals surface area contributed by atoms with E-state index in [1.54, 1.807) is 0 Å². The van der Waals surface area contributed by atoms with Gasteiger partial charge in [0.25, 0.3) is 0 Å². The Bertz CT molecular complexity index is 295. The summed E-state index contributed by atoms with van der Waals surface area (Å²) in [7, 11) is 0. The Labute approximate surface area is 105 Å². The zero-order valence-electron chi connectivity index (χ0n) is 11.7. The van der Waals surface area contributed by atoms with Crippen LogP contribution in [0.25, 0.3) is 0 Å². The van der Waals surface area contributed by atoms with E-state index in [0.717, 1.165) is 0 Å². The Morgan fingerprint density at radius 2 is 1.76 bits per heavy atom. The summed E-state index contributed by atoms with van der Waals surface area (Å²) in [5.41, 5.74) is 0. The first-order valence-electron chi connectivity index (χ1n) is 6.67. The molecule has 1 aliphatic carbocycles. The first-order chi connectivity index (χ1) is 7.82. The molecule has 0 aromatic carbocycles. The van der Waals surface area contributed by atoms with Crippen molar-refractivity contribution >= 4 is 5.78 Å². The van der Waals surface area contributed by atoms with E-state index in [4.69, 9.17) is 0 Å². The normalized spacial score (nSPS) is 40.4. The minimum atomic E-state index is -0.533. The summed E-state index contributed by atoms with van der Waals surface area (Å²) in [6.07, 6.45) is 1.42. The van der Waals surface area contributed by atoms with Gasteiger partial charge in [-0.25, -0.2) is 0 Å². The Morgan fingerprint density at radius 3 is 2.18 bits per heavy atom. The zero-order valence-corrected chi connectivity index (χ0v) is 11.7. The summed E-state index contributed by atoms with van der Waals surface area (Å²) < 4.78 is 0. The van der Waals surface area contributed by atoms with Crippen LogP contribution in [0.1, 0.15) is 34.6 Å². The highest BCUT2D eigenvalue weighted by Crippen LogP contribution is 2.42. The molecule has 1 N–H and O–H groups in total. The lowest BCUT2D eigenvalue weighted by Crippen LogP contribution is -2.49. The quantitative estimate of drug-likeness (QED) is 0.768. The minimum absolute atomic E-state index is 0.0209. The van der Waals surface area contributed by atoms with Crippen molar-refractivity contribution in [3.63, 3.8) is 0 Å². The molecular weight excluding hydrogens is 212 g/mol. The molecule has 1 rings (SSSR count). The van der Waals surface area contributed by atoms with Crippen molar-refractivity contribution in [1.29, 1.82) is 0 Å². The molecule has 1 saturated carbocycles. The van der Waals surface area contributed by atoms with E-state index in [9.17, 15) is 9.90 Å². The summed E-state index contributed by atoms with van der Waals surface area (Å²) in [6.45, 7) is 14.0. The lowest BCUT2D eigenvalue weighted by molar-refractivity contribution is -0.142. The fourth-order valence-electron chi connectivity index (χ4n) is 3.20. The smallest absolute Gasteiger partial charge is 0.141 e. The molecule has 1 unspecified atom stereocenters. The van der Waals surface area contributed by atoms with Gasteiger partial charge in [-0.2, -0.15) is 0 Å². The monoisotopic (exact) mass is 238 g/mol. The van der Waals surface area contributed by atoms with E-state index in [1.807, 2.05) is 26.8 Å². The van der Waals surface area contributed by atoms with Crippen molar-refractivity contribution in [2.24, 2.45) is 35.5 Å². The molecule has 1 fully saturated rings. The van der Waals surface area contributed by atoms with Crippen LogP contribution in [0.2, 0.25) is 0 Å². The van der Waals surface area contributed by atoms with Crippen LogP contribution in [0.5, 0.6) is 0 Å². The summed E-state index contributed by atoms with van der Waals surface area (Å²) in [5.74, 6) is 0.967. The van der Waals surface area contributed by atoms with Gasteiger partial charge < -0.3 is 5.11 Å². The molecule has 0 aromatic rings. The largest absolute Gasteiger partial charge is 0.392 e. The molecular formula is C15H26O2. The van der Waals surface area contributed by atoms with Gasteiger partial charge in [0.15, 0.2) is 0 Å². The highest BCUT2D eigenvalue weighted by molar-refractivity contribution is 5.85. The lowest BCUT2D eigenvalue weighted by atomic mass is 9.60. The van der Waals surface area contributed by atoms with Crippen molar-refractivity contribution < 1.29 is 9.90 Å². The summed E-state index contributed by atoms with van der Waals surface area (Å²) in [4.78, 5) is 12.4. The number of allylic oxidation sites excluding steroid dienone is 1. The van der Waals surface area contributed by atoms with Gasteiger partial charge in [-0.3, -0.25) is 4.79 Å². The summed E-state index contributed by atoms with van der Waals surface area (Å²) in [5, 5.41) is 10.3. The van der Waals surface area contributed by atoms with Crippen molar-refractivity contribution in [2.75, 3.05) is 0 Å². The van der Waals surface area contributed by atoms with E-state index >= 15 is 0 Å². The van der Waals surface area contributed by atoms with Crippen molar-refractivity contribution in [1.82, 2.24) is 0 Å². The maximum absolute atomic E-state index is 12.4. The molecule has 0 aliphatic heterocycles. The number of Topliss-reactive ketones (excluding diaryl/α,β-unsaturated/α-hetero) is 1. The van der Waals surface area contributed by atoms with Crippen LogP contribution in [0.4, 0.5) is 0 Å². The van der Waals surface area contributed by atoms with Gasteiger partial charge in [0.05, 0.1) is 6.10 Å². The van der Waals surface area contributed by atoms with Crippen LogP contribution < -0.4 is 0 Å². The molecule has 0 saturated heterocycles. The van der Waals surface area contributed by atoms with Crippen LogP contribution in [0.3, 0.4) is 0 Å². The summed E-state index contributed by atoms with van der Waals surface area (Å²) >= 11 is 0. The number of ketones is 1. The summed E-state index contributed by atoms with van der Waals surface area (Å²) in [6, 6.07) is 0. The van der Waals surface area contributed by atoms with Crippen LogP contribution in [-0.2, 0) is 4.79 Å². The van der Waals surface area contributed by atoms with Gasteiger partial charge in [0, 0.05) is 11.8 Å².